The molecule has 82 valence electrons. The molecule has 1 aromatic rings. The van der Waals surface area contributed by atoms with Gasteiger partial charge in [0, 0.05) is 5.92 Å². The topological polar surface area (TPSA) is 25.1 Å². The van der Waals surface area contributed by atoms with Crippen LogP contribution >= 0.6 is 0 Å². The molecule has 1 aliphatic carbocycles. The molecule has 2 saturated heterocycles. The molecule has 2 nitrogen and oxygen atoms in total. The normalized spacial score (nSPS) is 43.9. The molecule has 2 heterocycles. The van der Waals surface area contributed by atoms with Crippen LogP contribution in [0.5, 0.6) is 0 Å². The second-order valence-corrected chi connectivity index (χ2v) is 4.87. The smallest absolute Gasteiger partial charge is 0.113 e. The van der Waals surface area contributed by atoms with E-state index < -0.39 is 0 Å². The molecule has 2 heteroatoms. The molecule has 0 radical (unpaired) electrons. The van der Waals surface area contributed by atoms with Crippen molar-refractivity contribution in [1.29, 1.82) is 0 Å². The Kier molecular flexibility index (Phi) is 1.79. The van der Waals surface area contributed by atoms with Gasteiger partial charge < -0.3 is 9.47 Å². The monoisotopic (exact) mass is 214 g/mol. The number of benzene rings is 1. The highest BCUT2D eigenvalue weighted by Gasteiger charge is 2.64. The average molecular weight is 214 g/mol. The number of epoxide rings is 2. The number of rotatable bonds is 2. The summed E-state index contributed by atoms with van der Waals surface area (Å²) in [5.74, 6) is 0.550. The van der Waals surface area contributed by atoms with Crippen LogP contribution in [-0.4, -0.2) is 24.4 Å². The third kappa shape index (κ3) is 1.41. The van der Waals surface area contributed by atoms with Gasteiger partial charge in [0.25, 0.3) is 0 Å². The molecule has 0 spiro atoms. The highest BCUT2D eigenvalue weighted by molar-refractivity contribution is 5.49. The van der Waals surface area contributed by atoms with E-state index >= 15 is 0 Å². The molecule has 1 saturated carbocycles. The van der Waals surface area contributed by atoms with Crippen LogP contribution in [0.4, 0.5) is 0 Å². The zero-order valence-electron chi connectivity index (χ0n) is 8.95. The van der Waals surface area contributed by atoms with Crippen molar-refractivity contribution in [3.63, 3.8) is 0 Å². The Balaban J connectivity index is 1.49. The molecule has 3 fully saturated rings. The molecule has 5 atom stereocenters. The highest BCUT2D eigenvalue weighted by Crippen LogP contribution is 2.51. The fraction of sp³-hybridized carbons (Fsp3) is 0.429. The van der Waals surface area contributed by atoms with Gasteiger partial charge in [0.1, 0.15) is 12.2 Å². The lowest BCUT2D eigenvalue weighted by molar-refractivity contribution is 0.274. The van der Waals surface area contributed by atoms with E-state index in [0.717, 1.165) is 6.42 Å². The maximum Gasteiger partial charge on any atom is 0.113 e. The molecule has 0 bridgehead atoms. The van der Waals surface area contributed by atoms with Crippen LogP contribution < -0.4 is 0 Å². The molecule has 0 N–H and O–H groups in total. The Bertz CT molecular complexity index is 426. The fourth-order valence-corrected chi connectivity index (χ4v) is 2.77. The lowest BCUT2D eigenvalue weighted by Gasteiger charge is -2.10. The van der Waals surface area contributed by atoms with Crippen molar-refractivity contribution in [2.75, 3.05) is 0 Å². The Morgan fingerprint density at radius 1 is 1.00 bits per heavy atom. The summed E-state index contributed by atoms with van der Waals surface area (Å²) >= 11 is 0. The van der Waals surface area contributed by atoms with Crippen LogP contribution in [0.25, 0.3) is 6.08 Å². The Labute approximate surface area is 94.9 Å². The number of fused-ring (bicyclic) bond motifs is 3. The second-order valence-electron chi connectivity index (χ2n) is 4.87. The van der Waals surface area contributed by atoms with Gasteiger partial charge in [-0.1, -0.05) is 42.5 Å². The van der Waals surface area contributed by atoms with Gasteiger partial charge in [0.2, 0.25) is 0 Å². The molecular formula is C14H14O2. The Morgan fingerprint density at radius 3 is 2.75 bits per heavy atom. The molecule has 4 rings (SSSR count). The third-order valence-corrected chi connectivity index (χ3v) is 3.77. The zero-order valence-corrected chi connectivity index (χ0v) is 8.95. The lowest BCUT2D eigenvalue weighted by atomic mass is 9.89. The minimum absolute atomic E-state index is 0.407. The van der Waals surface area contributed by atoms with Gasteiger partial charge in [-0.05, 0) is 12.0 Å². The van der Waals surface area contributed by atoms with E-state index in [1.807, 2.05) is 6.07 Å². The summed E-state index contributed by atoms with van der Waals surface area (Å²) in [5.41, 5.74) is 1.26. The first-order chi connectivity index (χ1) is 7.92. The Hall–Kier alpha value is -1.12. The van der Waals surface area contributed by atoms with E-state index in [0.29, 0.717) is 30.3 Å². The summed E-state index contributed by atoms with van der Waals surface area (Å²) in [6, 6.07) is 10.4. The first-order valence-electron chi connectivity index (χ1n) is 5.96. The predicted molar refractivity (Wildman–Crippen MR) is 60.9 cm³/mol. The largest absolute Gasteiger partial charge is 0.367 e. The molecule has 5 unspecified atom stereocenters. The lowest BCUT2D eigenvalue weighted by Crippen LogP contribution is -2.20. The van der Waals surface area contributed by atoms with Gasteiger partial charge in [-0.2, -0.15) is 0 Å². The van der Waals surface area contributed by atoms with Crippen molar-refractivity contribution in [2.24, 2.45) is 5.92 Å². The molecule has 1 aromatic carbocycles. The van der Waals surface area contributed by atoms with Gasteiger partial charge in [0.05, 0.1) is 12.2 Å². The quantitative estimate of drug-likeness (QED) is 0.705. The van der Waals surface area contributed by atoms with E-state index in [2.05, 4.69) is 36.4 Å². The number of hydrogen-bond donors (Lipinski definition) is 0. The molecule has 0 amide bonds. The predicted octanol–water partition coefficient (Wildman–Crippen LogP) is 2.25. The van der Waals surface area contributed by atoms with E-state index in [4.69, 9.17) is 9.47 Å². The summed E-state index contributed by atoms with van der Waals surface area (Å²) in [4.78, 5) is 0. The minimum atomic E-state index is 0.407. The summed E-state index contributed by atoms with van der Waals surface area (Å²) in [5, 5.41) is 0. The van der Waals surface area contributed by atoms with Gasteiger partial charge in [0.15, 0.2) is 0 Å². The van der Waals surface area contributed by atoms with Crippen LogP contribution in [0.15, 0.2) is 36.4 Å². The summed E-state index contributed by atoms with van der Waals surface area (Å²) in [7, 11) is 0. The minimum Gasteiger partial charge on any atom is -0.367 e. The van der Waals surface area contributed by atoms with Gasteiger partial charge >= 0.3 is 0 Å². The standard InChI is InChI=1S/C14H14O2/c1-2-4-9(5-3-1)6-7-10-8-11-13(15-11)14-12(10)16-14/h1-7,10-14H,8H2. The highest BCUT2D eigenvalue weighted by atomic mass is 16.7. The van der Waals surface area contributed by atoms with Crippen LogP contribution in [0, 0.1) is 5.92 Å². The van der Waals surface area contributed by atoms with Crippen molar-refractivity contribution in [1.82, 2.24) is 0 Å². The average Bonchev–Trinajstić information content (AvgIpc) is 3.17. The van der Waals surface area contributed by atoms with Crippen LogP contribution in [-0.2, 0) is 9.47 Å². The Morgan fingerprint density at radius 2 is 1.88 bits per heavy atom. The van der Waals surface area contributed by atoms with E-state index in [1.165, 1.54) is 5.56 Å². The van der Waals surface area contributed by atoms with Crippen LogP contribution in [0.3, 0.4) is 0 Å². The third-order valence-electron chi connectivity index (χ3n) is 3.77. The zero-order chi connectivity index (χ0) is 10.5. The maximum absolute atomic E-state index is 5.66. The number of ether oxygens (including phenoxy) is 2. The van der Waals surface area contributed by atoms with Gasteiger partial charge in [-0.15, -0.1) is 0 Å². The molecular weight excluding hydrogens is 200 g/mol. The van der Waals surface area contributed by atoms with Crippen molar-refractivity contribution in [3.05, 3.63) is 42.0 Å². The maximum atomic E-state index is 5.66. The summed E-state index contributed by atoms with van der Waals surface area (Å²) in [6.07, 6.45) is 7.38. The second kappa shape index (κ2) is 3.19. The molecule has 0 aromatic heterocycles. The molecule has 16 heavy (non-hydrogen) atoms. The van der Waals surface area contributed by atoms with E-state index in [1.54, 1.807) is 0 Å². The summed E-state index contributed by atoms with van der Waals surface area (Å²) < 4.78 is 11.2. The van der Waals surface area contributed by atoms with Crippen LogP contribution in [0.2, 0.25) is 0 Å². The first kappa shape index (κ1) is 8.97. The number of hydrogen-bond acceptors (Lipinski definition) is 2. The van der Waals surface area contributed by atoms with Crippen LogP contribution in [0.1, 0.15) is 12.0 Å². The van der Waals surface area contributed by atoms with Crippen molar-refractivity contribution in [2.45, 2.75) is 30.8 Å². The van der Waals surface area contributed by atoms with Crippen molar-refractivity contribution < 1.29 is 9.47 Å². The molecule has 3 aliphatic rings. The van der Waals surface area contributed by atoms with Gasteiger partial charge in [-0.3, -0.25) is 0 Å². The van der Waals surface area contributed by atoms with E-state index in [9.17, 15) is 0 Å². The van der Waals surface area contributed by atoms with Gasteiger partial charge in [-0.25, -0.2) is 0 Å². The molecule has 2 aliphatic heterocycles. The van der Waals surface area contributed by atoms with Crippen molar-refractivity contribution in [3.8, 4) is 0 Å². The fourth-order valence-electron chi connectivity index (χ4n) is 2.77. The van der Waals surface area contributed by atoms with E-state index in [-0.39, 0.29) is 0 Å². The van der Waals surface area contributed by atoms with Crippen molar-refractivity contribution >= 4 is 6.08 Å². The summed E-state index contributed by atoms with van der Waals surface area (Å²) in [6.45, 7) is 0. The SMILES string of the molecule is C(=CC1CC2OC2C2OC12)c1ccccc1. The first-order valence-corrected chi connectivity index (χ1v) is 5.96.